The standard InChI is InChI=1S/C53H72N8/c54-29-36-12-14-37(15-13-36)32-61(35-46-27-40-6-1-2-7-43(40)30-58-46)51-23-22-48(49-10-5-25-57-53(49)51)42-19-18-41-28-47(59-31-44(41)26-42)34-60(33-38-16-20-45(55)21-17-38)50-11-3-8-39-9-4-24-56-52(39)50/h1-2,4-7,9-10,18-19,24-26,36-38,45-48,50-51,58-59H,3,8,11-17,20-23,27-35,54-55H2/t36?,37?,38?,45?,46-,47-,48?,50+,51?/m1/s1. The van der Waals surface area contributed by atoms with E-state index in [1.54, 1.807) is 0 Å². The first-order chi connectivity index (χ1) is 30.0. The number of hydrogen-bond acceptors (Lipinski definition) is 8. The largest absolute Gasteiger partial charge is 0.330 e. The fourth-order valence-corrected chi connectivity index (χ4v) is 12.8. The summed E-state index contributed by atoms with van der Waals surface area (Å²) in [5.41, 5.74) is 25.5. The summed E-state index contributed by atoms with van der Waals surface area (Å²) >= 11 is 0. The van der Waals surface area contributed by atoms with E-state index >= 15 is 0 Å². The molecule has 4 heterocycles. The van der Waals surface area contributed by atoms with Crippen molar-refractivity contribution in [1.82, 2.24) is 30.4 Å². The van der Waals surface area contributed by atoms with Gasteiger partial charge >= 0.3 is 0 Å². The van der Waals surface area contributed by atoms with Crippen LogP contribution in [0.25, 0.3) is 0 Å². The SMILES string of the molecule is NCC1CCC(CN(C[C@H]2Cc3ccccc3CN2)C2CCC(c3ccc4c(c3)CN[C@@H](CN(CC3CCC(N)CC3)[C@H]3CCCc5cccnc53)C4)c3cccnc32)CC1. The Hall–Kier alpha value is -3.50. The molecule has 61 heavy (non-hydrogen) atoms. The molecule has 0 bridgehead atoms. The van der Waals surface area contributed by atoms with E-state index in [0.717, 1.165) is 89.8 Å². The van der Waals surface area contributed by atoms with Gasteiger partial charge in [0.05, 0.1) is 23.5 Å². The summed E-state index contributed by atoms with van der Waals surface area (Å²) in [5.74, 6) is 2.54. The average Bonchev–Trinajstić information content (AvgIpc) is 3.31. The molecule has 324 valence electrons. The van der Waals surface area contributed by atoms with Crippen LogP contribution in [-0.4, -0.2) is 70.6 Å². The topological polar surface area (TPSA) is 108 Å². The second-order valence-corrected chi connectivity index (χ2v) is 20.3. The van der Waals surface area contributed by atoms with Gasteiger partial charge in [-0.15, -0.1) is 0 Å². The van der Waals surface area contributed by atoms with Crippen LogP contribution in [0, 0.1) is 17.8 Å². The number of aryl methyl sites for hydroxylation is 1. The fraction of sp³-hybridized carbons (Fsp3) is 0.585. The second-order valence-electron chi connectivity index (χ2n) is 20.3. The van der Waals surface area contributed by atoms with Crippen LogP contribution in [0.15, 0.2) is 79.1 Å². The van der Waals surface area contributed by atoms with E-state index < -0.39 is 0 Å². The minimum atomic E-state index is 0.346. The molecule has 0 saturated heterocycles. The van der Waals surface area contributed by atoms with Gasteiger partial charge in [-0.25, -0.2) is 0 Å². The zero-order chi connectivity index (χ0) is 41.1. The van der Waals surface area contributed by atoms with Crippen molar-refractivity contribution in [3.8, 4) is 0 Å². The third-order valence-electron chi connectivity index (χ3n) is 16.3. The van der Waals surface area contributed by atoms with Gasteiger partial charge < -0.3 is 22.1 Å². The average molecular weight is 821 g/mol. The Bertz CT molecular complexity index is 2070. The van der Waals surface area contributed by atoms with Crippen molar-refractivity contribution in [2.24, 2.45) is 29.2 Å². The van der Waals surface area contributed by atoms with Crippen LogP contribution >= 0.6 is 0 Å². The summed E-state index contributed by atoms with van der Waals surface area (Å²) in [7, 11) is 0. The maximum absolute atomic E-state index is 6.37. The summed E-state index contributed by atoms with van der Waals surface area (Å²) < 4.78 is 0. The minimum absolute atomic E-state index is 0.346. The molecule has 10 rings (SSSR count). The molecule has 0 spiro atoms. The van der Waals surface area contributed by atoms with Crippen LogP contribution in [0.5, 0.6) is 0 Å². The maximum atomic E-state index is 6.37. The number of nitrogens with two attached hydrogens (primary N) is 2. The smallest absolute Gasteiger partial charge is 0.0613 e. The Kier molecular flexibility index (Phi) is 13.0. The van der Waals surface area contributed by atoms with Crippen LogP contribution in [0.4, 0.5) is 0 Å². The minimum Gasteiger partial charge on any atom is -0.330 e. The number of rotatable bonds is 12. The molecule has 2 fully saturated rings. The molecular weight excluding hydrogens is 749 g/mol. The first-order valence-electron chi connectivity index (χ1n) is 24.5. The Labute approximate surface area is 366 Å². The highest BCUT2D eigenvalue weighted by molar-refractivity contribution is 5.43. The predicted octanol–water partition coefficient (Wildman–Crippen LogP) is 8.14. The number of pyridine rings is 2. The van der Waals surface area contributed by atoms with E-state index in [9.17, 15) is 0 Å². The lowest BCUT2D eigenvalue weighted by Crippen LogP contribution is -2.48. The zero-order valence-electron chi connectivity index (χ0n) is 36.7. The lowest BCUT2D eigenvalue weighted by atomic mass is 9.76. The molecule has 5 atom stereocenters. The van der Waals surface area contributed by atoms with Crippen molar-refractivity contribution < 1.29 is 0 Å². The molecule has 2 unspecified atom stereocenters. The summed E-state index contributed by atoms with van der Waals surface area (Å²) in [6.45, 7) is 7.19. The molecule has 0 amide bonds. The van der Waals surface area contributed by atoms with Crippen molar-refractivity contribution in [2.45, 2.75) is 146 Å². The third kappa shape index (κ3) is 9.42. The Balaban J connectivity index is 0.854. The van der Waals surface area contributed by atoms with Gasteiger partial charge in [-0.2, -0.15) is 0 Å². The quantitative estimate of drug-likeness (QED) is 0.114. The lowest BCUT2D eigenvalue weighted by molar-refractivity contribution is 0.109. The summed E-state index contributed by atoms with van der Waals surface area (Å²) in [6.07, 6.45) is 22.2. The van der Waals surface area contributed by atoms with Crippen molar-refractivity contribution in [3.05, 3.63) is 129 Å². The number of benzene rings is 2. The number of nitrogens with zero attached hydrogens (tertiary/aromatic N) is 4. The van der Waals surface area contributed by atoms with E-state index in [0.29, 0.717) is 42.0 Å². The van der Waals surface area contributed by atoms with Crippen LogP contribution < -0.4 is 22.1 Å². The van der Waals surface area contributed by atoms with Gasteiger partial charge in [-0.1, -0.05) is 54.6 Å². The van der Waals surface area contributed by atoms with Crippen molar-refractivity contribution >= 4 is 0 Å². The molecular formula is C53H72N8. The van der Waals surface area contributed by atoms with E-state index in [-0.39, 0.29) is 0 Å². The van der Waals surface area contributed by atoms with Gasteiger partial charge in [-0.05, 0) is 172 Å². The van der Waals surface area contributed by atoms with Crippen LogP contribution in [0.1, 0.15) is 145 Å². The van der Waals surface area contributed by atoms with Gasteiger partial charge in [0.15, 0.2) is 0 Å². The van der Waals surface area contributed by atoms with Gasteiger partial charge in [0, 0.05) is 75.7 Å². The molecule has 6 aliphatic rings. The van der Waals surface area contributed by atoms with Crippen molar-refractivity contribution in [2.75, 3.05) is 32.7 Å². The molecule has 2 aromatic heterocycles. The molecule has 4 aromatic rings. The number of aromatic nitrogens is 2. The third-order valence-corrected chi connectivity index (χ3v) is 16.3. The molecule has 2 aromatic carbocycles. The van der Waals surface area contributed by atoms with Crippen LogP contribution in [0.3, 0.4) is 0 Å². The lowest BCUT2D eigenvalue weighted by Gasteiger charge is -2.43. The van der Waals surface area contributed by atoms with Crippen molar-refractivity contribution in [3.63, 3.8) is 0 Å². The van der Waals surface area contributed by atoms with Gasteiger partial charge in [0.1, 0.15) is 0 Å². The highest BCUT2D eigenvalue weighted by Crippen LogP contribution is 2.45. The van der Waals surface area contributed by atoms with Gasteiger partial charge in [-0.3, -0.25) is 19.8 Å². The Morgan fingerprint density at radius 3 is 1.90 bits per heavy atom. The molecule has 6 N–H and O–H groups in total. The second kappa shape index (κ2) is 19.1. The molecule has 0 radical (unpaired) electrons. The molecule has 2 aliphatic heterocycles. The molecule has 4 aliphatic carbocycles. The molecule has 8 heteroatoms. The van der Waals surface area contributed by atoms with E-state index in [1.807, 2.05) is 6.20 Å². The number of hydrogen-bond donors (Lipinski definition) is 4. The Morgan fingerprint density at radius 2 is 1.16 bits per heavy atom. The zero-order valence-corrected chi connectivity index (χ0v) is 36.7. The van der Waals surface area contributed by atoms with Crippen molar-refractivity contribution in [1.29, 1.82) is 0 Å². The predicted molar refractivity (Wildman–Crippen MR) is 247 cm³/mol. The highest BCUT2D eigenvalue weighted by Gasteiger charge is 2.37. The Morgan fingerprint density at radius 1 is 0.557 bits per heavy atom. The van der Waals surface area contributed by atoms with E-state index in [2.05, 4.69) is 93.4 Å². The van der Waals surface area contributed by atoms with Crippen LogP contribution in [0.2, 0.25) is 0 Å². The summed E-state index contributed by atoms with van der Waals surface area (Å²) in [4.78, 5) is 16.0. The molecule has 2 saturated carbocycles. The van der Waals surface area contributed by atoms with Gasteiger partial charge in [0.25, 0.3) is 0 Å². The highest BCUT2D eigenvalue weighted by atomic mass is 15.2. The van der Waals surface area contributed by atoms with E-state index in [4.69, 9.17) is 21.4 Å². The number of nitrogens with one attached hydrogen (secondary N) is 2. The van der Waals surface area contributed by atoms with Crippen LogP contribution in [-0.2, 0) is 32.4 Å². The normalized spacial score (nSPS) is 30.0. The summed E-state index contributed by atoms with van der Waals surface area (Å²) in [5, 5.41) is 8.01. The van der Waals surface area contributed by atoms with Gasteiger partial charge in [0.2, 0.25) is 0 Å². The number of fused-ring (bicyclic) bond motifs is 4. The monoisotopic (exact) mass is 821 g/mol. The molecule has 8 nitrogen and oxygen atoms in total. The fourth-order valence-electron chi connectivity index (χ4n) is 12.8. The first-order valence-corrected chi connectivity index (χ1v) is 24.5. The maximum Gasteiger partial charge on any atom is 0.0613 e. The summed E-state index contributed by atoms with van der Waals surface area (Å²) in [6, 6.07) is 27.6. The van der Waals surface area contributed by atoms with E-state index in [1.165, 1.54) is 115 Å². The first kappa shape index (κ1) is 41.5.